The molecule has 1 aromatic carbocycles. The molecule has 0 aliphatic rings. The minimum atomic E-state index is -0.278. The van der Waals surface area contributed by atoms with Gasteiger partial charge in [0, 0.05) is 18.3 Å². The van der Waals surface area contributed by atoms with Crippen LogP contribution < -0.4 is 10.6 Å². The van der Waals surface area contributed by atoms with Crippen LogP contribution in [0.25, 0.3) is 0 Å². The van der Waals surface area contributed by atoms with Crippen LogP contribution in [0, 0.1) is 0 Å². The van der Waals surface area contributed by atoms with Crippen LogP contribution >= 0.6 is 23.2 Å². The van der Waals surface area contributed by atoms with E-state index in [0.29, 0.717) is 27.1 Å². The van der Waals surface area contributed by atoms with Gasteiger partial charge in [0.25, 0.3) is 5.91 Å². The molecule has 0 fully saturated rings. The van der Waals surface area contributed by atoms with E-state index in [4.69, 9.17) is 23.2 Å². The summed E-state index contributed by atoms with van der Waals surface area (Å²) in [5.41, 5.74) is 0.957. The summed E-state index contributed by atoms with van der Waals surface area (Å²) in [5.74, 6) is 0.417. The summed E-state index contributed by atoms with van der Waals surface area (Å²) in [6, 6.07) is 8.28. The summed E-state index contributed by atoms with van der Waals surface area (Å²) in [5, 5.41) is 6.49. The Kier molecular flexibility index (Phi) is 4.24. The number of carbonyl (C=O) groups is 1. The molecule has 0 radical (unpaired) electrons. The minimum Gasteiger partial charge on any atom is -0.373 e. The number of hydrogen-bond donors (Lipinski definition) is 2. The molecule has 98 valence electrons. The molecular weight excluding hydrogens is 285 g/mol. The van der Waals surface area contributed by atoms with Gasteiger partial charge < -0.3 is 10.6 Å². The Labute approximate surface area is 120 Å². The Morgan fingerprint density at radius 1 is 1.21 bits per heavy atom. The van der Waals surface area contributed by atoms with Crippen molar-refractivity contribution in [1.82, 2.24) is 4.98 Å². The third-order valence-corrected chi connectivity index (χ3v) is 3.01. The first-order valence-electron chi connectivity index (χ1n) is 5.50. The lowest BCUT2D eigenvalue weighted by atomic mass is 10.2. The van der Waals surface area contributed by atoms with Gasteiger partial charge in [-0.1, -0.05) is 23.2 Å². The first-order valence-corrected chi connectivity index (χ1v) is 6.26. The Morgan fingerprint density at radius 2 is 2.00 bits per heavy atom. The third kappa shape index (κ3) is 3.36. The number of carbonyl (C=O) groups excluding carboxylic acids is 1. The second-order valence-electron chi connectivity index (χ2n) is 3.76. The maximum Gasteiger partial charge on any atom is 0.257 e. The highest BCUT2D eigenvalue weighted by atomic mass is 35.5. The van der Waals surface area contributed by atoms with Crippen LogP contribution in [0.5, 0.6) is 0 Å². The molecule has 0 saturated carbocycles. The van der Waals surface area contributed by atoms with Crippen molar-refractivity contribution < 1.29 is 4.79 Å². The number of aromatic nitrogens is 1. The lowest BCUT2D eigenvalue weighted by Gasteiger charge is -2.07. The zero-order valence-electron chi connectivity index (χ0n) is 10.1. The van der Waals surface area contributed by atoms with Crippen LogP contribution in [-0.2, 0) is 0 Å². The fourth-order valence-electron chi connectivity index (χ4n) is 1.46. The number of benzene rings is 1. The van der Waals surface area contributed by atoms with E-state index in [1.165, 1.54) is 6.20 Å². The van der Waals surface area contributed by atoms with Crippen LogP contribution in [0.15, 0.2) is 36.5 Å². The van der Waals surface area contributed by atoms with Crippen molar-refractivity contribution >= 4 is 40.6 Å². The molecule has 19 heavy (non-hydrogen) atoms. The molecule has 6 heteroatoms. The summed E-state index contributed by atoms with van der Waals surface area (Å²) in [7, 11) is 1.76. The van der Waals surface area contributed by atoms with Gasteiger partial charge >= 0.3 is 0 Å². The highest BCUT2D eigenvalue weighted by Crippen LogP contribution is 2.25. The number of nitrogens with one attached hydrogen (secondary N) is 2. The van der Waals surface area contributed by atoms with Crippen LogP contribution in [0.3, 0.4) is 0 Å². The van der Waals surface area contributed by atoms with E-state index in [0.717, 1.165) is 0 Å². The van der Waals surface area contributed by atoms with Gasteiger partial charge in [0.1, 0.15) is 5.82 Å². The number of rotatable bonds is 3. The third-order valence-electron chi connectivity index (χ3n) is 2.46. The quantitative estimate of drug-likeness (QED) is 0.908. The van der Waals surface area contributed by atoms with E-state index >= 15 is 0 Å². The molecule has 0 atom stereocenters. The normalized spacial score (nSPS) is 10.1. The van der Waals surface area contributed by atoms with Gasteiger partial charge in [0.2, 0.25) is 0 Å². The first-order chi connectivity index (χ1) is 9.10. The van der Waals surface area contributed by atoms with Gasteiger partial charge in [-0.15, -0.1) is 0 Å². The van der Waals surface area contributed by atoms with Crippen LogP contribution in [0.2, 0.25) is 10.0 Å². The maximum absolute atomic E-state index is 12.0. The molecule has 2 aromatic rings. The zero-order chi connectivity index (χ0) is 13.8. The standard InChI is InChI=1S/C13H11Cl2N3O/c1-16-12-5-2-8(7-17-12)13(19)18-11-4-3-9(14)6-10(11)15/h2-7H,1H3,(H,16,17)(H,18,19). The van der Waals surface area contributed by atoms with Gasteiger partial charge in [0.05, 0.1) is 16.3 Å². The Bertz CT molecular complexity index is 599. The minimum absolute atomic E-state index is 0.278. The fraction of sp³-hybridized carbons (Fsp3) is 0.0769. The molecule has 0 aliphatic carbocycles. The van der Waals surface area contributed by atoms with Gasteiger partial charge in [-0.05, 0) is 30.3 Å². The van der Waals surface area contributed by atoms with Crippen molar-refractivity contribution in [3.8, 4) is 0 Å². The highest BCUT2D eigenvalue weighted by molar-refractivity contribution is 6.36. The molecule has 1 heterocycles. The predicted octanol–water partition coefficient (Wildman–Crippen LogP) is 3.68. The van der Waals surface area contributed by atoms with Crippen molar-refractivity contribution in [2.45, 2.75) is 0 Å². The van der Waals surface area contributed by atoms with E-state index in [-0.39, 0.29) is 5.91 Å². The summed E-state index contributed by atoms with van der Waals surface area (Å²) in [6.07, 6.45) is 1.49. The fourth-order valence-corrected chi connectivity index (χ4v) is 1.92. The van der Waals surface area contributed by atoms with E-state index < -0.39 is 0 Å². The number of nitrogens with zero attached hydrogens (tertiary/aromatic N) is 1. The monoisotopic (exact) mass is 295 g/mol. The lowest BCUT2D eigenvalue weighted by Crippen LogP contribution is -2.12. The second-order valence-corrected chi connectivity index (χ2v) is 4.60. The number of amides is 1. The Balaban J connectivity index is 2.15. The number of halogens is 2. The van der Waals surface area contributed by atoms with Crippen molar-refractivity contribution in [1.29, 1.82) is 0 Å². The molecule has 1 amide bonds. The van der Waals surface area contributed by atoms with Crippen LogP contribution in [0.4, 0.5) is 11.5 Å². The SMILES string of the molecule is CNc1ccc(C(=O)Nc2ccc(Cl)cc2Cl)cn1. The van der Waals surface area contributed by atoms with Gasteiger partial charge in [-0.25, -0.2) is 4.98 Å². The number of anilines is 2. The lowest BCUT2D eigenvalue weighted by molar-refractivity contribution is 0.102. The number of pyridine rings is 1. The second kappa shape index (κ2) is 5.91. The summed E-state index contributed by atoms with van der Waals surface area (Å²) < 4.78 is 0. The summed E-state index contributed by atoms with van der Waals surface area (Å²) in [4.78, 5) is 16.1. The van der Waals surface area contributed by atoms with Crippen LogP contribution in [0.1, 0.15) is 10.4 Å². The summed E-state index contributed by atoms with van der Waals surface area (Å²) >= 11 is 11.8. The average Bonchev–Trinajstić information content (AvgIpc) is 2.42. The molecule has 1 aromatic heterocycles. The molecule has 2 N–H and O–H groups in total. The first kappa shape index (κ1) is 13.6. The van der Waals surface area contributed by atoms with Gasteiger partial charge in [-0.3, -0.25) is 4.79 Å². The molecule has 2 rings (SSSR count). The molecule has 0 unspecified atom stereocenters. The largest absolute Gasteiger partial charge is 0.373 e. The van der Waals surface area contributed by atoms with Crippen molar-refractivity contribution in [3.63, 3.8) is 0 Å². The zero-order valence-corrected chi connectivity index (χ0v) is 11.6. The number of hydrogen-bond acceptors (Lipinski definition) is 3. The highest BCUT2D eigenvalue weighted by Gasteiger charge is 2.09. The molecule has 0 saturated heterocycles. The van der Waals surface area contributed by atoms with E-state index in [9.17, 15) is 4.79 Å². The molecule has 0 bridgehead atoms. The topological polar surface area (TPSA) is 54.0 Å². The molecular formula is C13H11Cl2N3O. The van der Waals surface area contributed by atoms with E-state index in [2.05, 4.69) is 15.6 Å². The van der Waals surface area contributed by atoms with Gasteiger partial charge in [-0.2, -0.15) is 0 Å². The molecule has 4 nitrogen and oxygen atoms in total. The van der Waals surface area contributed by atoms with Crippen molar-refractivity contribution in [2.24, 2.45) is 0 Å². The predicted molar refractivity (Wildman–Crippen MR) is 78.2 cm³/mol. The Morgan fingerprint density at radius 3 is 2.58 bits per heavy atom. The maximum atomic E-state index is 12.0. The van der Waals surface area contributed by atoms with E-state index in [1.807, 2.05) is 0 Å². The Hall–Kier alpha value is -1.78. The molecule has 0 aliphatic heterocycles. The smallest absolute Gasteiger partial charge is 0.257 e. The average molecular weight is 296 g/mol. The van der Waals surface area contributed by atoms with Crippen LogP contribution in [-0.4, -0.2) is 17.9 Å². The van der Waals surface area contributed by atoms with Gasteiger partial charge in [0.15, 0.2) is 0 Å². The summed E-state index contributed by atoms with van der Waals surface area (Å²) in [6.45, 7) is 0. The molecule has 0 spiro atoms. The van der Waals surface area contributed by atoms with Crippen molar-refractivity contribution in [2.75, 3.05) is 17.7 Å². The van der Waals surface area contributed by atoms with Crippen molar-refractivity contribution in [3.05, 3.63) is 52.1 Å². The van der Waals surface area contributed by atoms with E-state index in [1.54, 1.807) is 37.4 Å².